The van der Waals surface area contributed by atoms with Gasteiger partial charge in [0.25, 0.3) is 0 Å². The van der Waals surface area contributed by atoms with Gasteiger partial charge in [0, 0.05) is 6.42 Å². The Kier molecular flexibility index (Phi) is 9.94. The molecule has 114 valence electrons. The largest absolute Gasteiger partial charge is 0.463 e. The van der Waals surface area contributed by atoms with Crippen LogP contribution in [0.3, 0.4) is 0 Å². The second kappa shape index (κ2) is 10.2. The molecular weight excluding hydrogens is 238 g/mol. The molecule has 0 radical (unpaired) electrons. The van der Waals surface area contributed by atoms with Crippen LogP contribution in [-0.4, -0.2) is 18.6 Å². The molecule has 0 rings (SSSR count). The van der Waals surface area contributed by atoms with Crippen LogP contribution in [0.15, 0.2) is 0 Å². The van der Waals surface area contributed by atoms with Crippen LogP contribution in [0.5, 0.6) is 0 Å². The van der Waals surface area contributed by atoms with Crippen LogP contribution < -0.4 is 5.73 Å². The number of hydrogen-bond donors (Lipinski definition) is 1. The number of hydrogen-bond acceptors (Lipinski definition) is 3. The van der Waals surface area contributed by atoms with E-state index in [9.17, 15) is 4.79 Å². The minimum atomic E-state index is -0.0620. The summed E-state index contributed by atoms with van der Waals surface area (Å²) in [6.07, 6.45) is 8.26. The first-order chi connectivity index (χ1) is 8.91. The number of nitrogens with two attached hydrogens (primary N) is 1. The summed E-state index contributed by atoms with van der Waals surface area (Å²) in [4.78, 5) is 11.7. The predicted octanol–water partition coefficient (Wildman–Crippen LogP) is 4.04. The van der Waals surface area contributed by atoms with E-state index < -0.39 is 0 Å². The van der Waals surface area contributed by atoms with Gasteiger partial charge in [-0.25, -0.2) is 0 Å². The van der Waals surface area contributed by atoms with Crippen molar-refractivity contribution < 1.29 is 9.53 Å². The number of carbonyl (C=O) groups excluding carboxylic acids is 1. The van der Waals surface area contributed by atoms with Crippen molar-refractivity contribution in [3.05, 3.63) is 0 Å². The quantitative estimate of drug-likeness (QED) is 0.456. The molecule has 0 saturated carbocycles. The second-order valence-corrected chi connectivity index (χ2v) is 6.35. The van der Waals surface area contributed by atoms with Gasteiger partial charge < -0.3 is 10.5 Å². The summed E-state index contributed by atoms with van der Waals surface area (Å²) in [6.45, 7) is 9.18. The summed E-state index contributed by atoms with van der Waals surface area (Å²) < 4.78 is 5.43. The molecule has 3 nitrogen and oxygen atoms in total. The van der Waals surface area contributed by atoms with Gasteiger partial charge in [0.2, 0.25) is 0 Å². The highest BCUT2D eigenvalue weighted by Gasteiger charge is 2.19. The van der Waals surface area contributed by atoms with E-state index in [1.165, 1.54) is 19.3 Å². The molecule has 1 atom stereocenters. The lowest BCUT2D eigenvalue weighted by molar-refractivity contribution is -0.149. The van der Waals surface area contributed by atoms with Crippen LogP contribution >= 0.6 is 0 Å². The third kappa shape index (κ3) is 11.0. The lowest BCUT2D eigenvalue weighted by atomic mass is 9.84. The van der Waals surface area contributed by atoms with Gasteiger partial charge in [0.1, 0.15) is 0 Å². The van der Waals surface area contributed by atoms with Gasteiger partial charge in [-0.1, -0.05) is 40.0 Å². The Morgan fingerprint density at radius 1 is 1.21 bits per heavy atom. The van der Waals surface area contributed by atoms with Crippen molar-refractivity contribution in [2.24, 2.45) is 11.1 Å². The maximum absolute atomic E-state index is 11.7. The molecule has 0 aliphatic rings. The van der Waals surface area contributed by atoms with E-state index in [1.54, 1.807) is 0 Å². The molecule has 0 aromatic rings. The zero-order chi connectivity index (χ0) is 14.7. The van der Waals surface area contributed by atoms with Crippen molar-refractivity contribution in [3.63, 3.8) is 0 Å². The third-order valence-electron chi connectivity index (χ3n) is 3.62. The van der Waals surface area contributed by atoms with Crippen molar-refractivity contribution in [1.29, 1.82) is 0 Å². The SMILES string of the molecule is CCCCCCC(C)OC(=O)CCC(C)(C)CCN. The highest BCUT2D eigenvalue weighted by Crippen LogP contribution is 2.26. The molecule has 0 aromatic heterocycles. The third-order valence-corrected chi connectivity index (χ3v) is 3.62. The van der Waals surface area contributed by atoms with Gasteiger partial charge >= 0.3 is 5.97 Å². The van der Waals surface area contributed by atoms with Gasteiger partial charge in [0.15, 0.2) is 0 Å². The van der Waals surface area contributed by atoms with E-state index in [2.05, 4.69) is 20.8 Å². The summed E-state index contributed by atoms with van der Waals surface area (Å²) in [7, 11) is 0. The summed E-state index contributed by atoms with van der Waals surface area (Å²) in [5.74, 6) is -0.0620. The number of carbonyl (C=O) groups is 1. The number of unbranched alkanes of at least 4 members (excludes halogenated alkanes) is 3. The molecule has 0 amide bonds. The Morgan fingerprint density at radius 3 is 2.47 bits per heavy atom. The van der Waals surface area contributed by atoms with Gasteiger partial charge in [0.05, 0.1) is 6.10 Å². The smallest absolute Gasteiger partial charge is 0.306 e. The first-order valence-corrected chi connectivity index (χ1v) is 7.81. The molecule has 0 spiro atoms. The molecule has 1 unspecified atom stereocenters. The van der Waals surface area contributed by atoms with Gasteiger partial charge in [-0.3, -0.25) is 4.79 Å². The summed E-state index contributed by atoms with van der Waals surface area (Å²) in [5, 5.41) is 0. The van der Waals surface area contributed by atoms with Crippen LogP contribution in [0.4, 0.5) is 0 Å². The highest BCUT2D eigenvalue weighted by atomic mass is 16.5. The molecule has 0 fully saturated rings. The fourth-order valence-corrected chi connectivity index (χ4v) is 2.16. The van der Waals surface area contributed by atoms with E-state index in [1.807, 2.05) is 6.92 Å². The van der Waals surface area contributed by atoms with Crippen molar-refractivity contribution in [3.8, 4) is 0 Å². The van der Waals surface area contributed by atoms with E-state index in [-0.39, 0.29) is 17.5 Å². The zero-order valence-corrected chi connectivity index (χ0v) is 13.3. The molecule has 2 N–H and O–H groups in total. The Bertz CT molecular complexity index is 239. The van der Waals surface area contributed by atoms with Crippen LogP contribution in [0.1, 0.15) is 79.1 Å². The van der Waals surface area contributed by atoms with Crippen LogP contribution in [0.25, 0.3) is 0 Å². The molecular formula is C16H33NO2. The fraction of sp³-hybridized carbons (Fsp3) is 0.938. The topological polar surface area (TPSA) is 52.3 Å². The number of rotatable bonds is 11. The maximum Gasteiger partial charge on any atom is 0.306 e. The van der Waals surface area contributed by atoms with Crippen molar-refractivity contribution in [2.45, 2.75) is 85.2 Å². The first-order valence-electron chi connectivity index (χ1n) is 7.81. The van der Waals surface area contributed by atoms with Gasteiger partial charge in [-0.2, -0.15) is 0 Å². The molecule has 0 bridgehead atoms. The van der Waals surface area contributed by atoms with E-state index in [0.717, 1.165) is 25.7 Å². The fourth-order valence-electron chi connectivity index (χ4n) is 2.16. The normalized spacial score (nSPS) is 13.3. The Labute approximate surface area is 119 Å². The monoisotopic (exact) mass is 271 g/mol. The van der Waals surface area contributed by atoms with Gasteiger partial charge in [-0.05, 0) is 44.6 Å². The first kappa shape index (κ1) is 18.4. The van der Waals surface area contributed by atoms with Crippen LogP contribution in [-0.2, 0) is 9.53 Å². The molecule has 3 heteroatoms. The van der Waals surface area contributed by atoms with E-state index >= 15 is 0 Å². The van der Waals surface area contributed by atoms with Crippen molar-refractivity contribution >= 4 is 5.97 Å². The minimum Gasteiger partial charge on any atom is -0.463 e. The van der Waals surface area contributed by atoms with Crippen molar-refractivity contribution in [2.75, 3.05) is 6.54 Å². The van der Waals surface area contributed by atoms with Crippen LogP contribution in [0.2, 0.25) is 0 Å². The molecule has 0 heterocycles. The van der Waals surface area contributed by atoms with Gasteiger partial charge in [-0.15, -0.1) is 0 Å². The molecule has 0 aliphatic heterocycles. The average molecular weight is 271 g/mol. The Balaban J connectivity index is 3.73. The lowest BCUT2D eigenvalue weighted by Crippen LogP contribution is -2.20. The second-order valence-electron chi connectivity index (χ2n) is 6.35. The minimum absolute atomic E-state index is 0.0574. The zero-order valence-electron chi connectivity index (χ0n) is 13.3. The standard InChI is InChI=1S/C16H33NO2/c1-5-6-7-8-9-14(2)19-15(18)10-11-16(3,4)12-13-17/h14H,5-13,17H2,1-4H3. The molecule has 0 saturated heterocycles. The molecule has 0 aliphatic carbocycles. The predicted molar refractivity (Wildman–Crippen MR) is 81.0 cm³/mol. The highest BCUT2D eigenvalue weighted by molar-refractivity contribution is 5.69. The summed E-state index contributed by atoms with van der Waals surface area (Å²) >= 11 is 0. The molecule has 19 heavy (non-hydrogen) atoms. The summed E-state index contributed by atoms with van der Waals surface area (Å²) in [6, 6.07) is 0. The average Bonchev–Trinajstić information content (AvgIpc) is 2.32. The summed E-state index contributed by atoms with van der Waals surface area (Å²) in [5.41, 5.74) is 5.70. The van der Waals surface area contributed by atoms with Crippen molar-refractivity contribution in [1.82, 2.24) is 0 Å². The van der Waals surface area contributed by atoms with E-state index in [4.69, 9.17) is 10.5 Å². The van der Waals surface area contributed by atoms with E-state index in [0.29, 0.717) is 13.0 Å². The Morgan fingerprint density at radius 2 is 1.89 bits per heavy atom. The Hall–Kier alpha value is -0.570. The van der Waals surface area contributed by atoms with Crippen LogP contribution in [0, 0.1) is 5.41 Å². The lowest BCUT2D eigenvalue weighted by Gasteiger charge is -2.23. The maximum atomic E-state index is 11.7. The molecule has 0 aromatic carbocycles. The number of esters is 1. The number of ether oxygens (including phenoxy) is 1.